The first kappa shape index (κ1) is 14.3. The molecule has 3 aliphatic heterocycles. The van der Waals surface area contributed by atoms with Gasteiger partial charge >= 0.3 is 0 Å². The molecular weight excluding hydrogens is 256 g/mol. The summed E-state index contributed by atoms with van der Waals surface area (Å²) in [5.41, 5.74) is -0.886. The molecule has 4 atom stereocenters. The number of nitrogens with one attached hydrogen (secondary N) is 2. The summed E-state index contributed by atoms with van der Waals surface area (Å²) >= 11 is 0. The predicted molar refractivity (Wildman–Crippen MR) is 75.3 cm³/mol. The van der Waals surface area contributed by atoms with Gasteiger partial charge in [-0.2, -0.15) is 0 Å². The molecule has 0 aliphatic carbocycles. The molecule has 0 aromatic rings. The van der Waals surface area contributed by atoms with E-state index in [-0.39, 0.29) is 12.0 Å². The van der Waals surface area contributed by atoms with E-state index in [1.54, 1.807) is 0 Å². The van der Waals surface area contributed by atoms with E-state index in [0.717, 1.165) is 12.8 Å². The number of carbonyl (C=O) groups is 1. The Morgan fingerprint density at radius 2 is 2.10 bits per heavy atom. The van der Waals surface area contributed by atoms with Crippen LogP contribution < -0.4 is 10.6 Å². The highest BCUT2D eigenvalue weighted by Gasteiger charge is 2.40. The minimum absolute atomic E-state index is 0.0730. The lowest BCUT2D eigenvalue weighted by Crippen LogP contribution is -2.48. The molecule has 3 heterocycles. The first-order valence-corrected chi connectivity index (χ1v) is 7.92. The Balaban J connectivity index is 1.43. The summed E-state index contributed by atoms with van der Waals surface area (Å²) in [6.07, 6.45) is 5.76. The normalized spacial score (nSPS) is 43.7. The van der Waals surface area contributed by atoms with E-state index >= 15 is 0 Å². The zero-order valence-electron chi connectivity index (χ0n) is 12.2. The molecule has 3 fully saturated rings. The molecule has 0 saturated carbocycles. The number of ether oxygens (including phenoxy) is 1. The zero-order chi connectivity index (χ0) is 14.2. The summed E-state index contributed by atoms with van der Waals surface area (Å²) in [6, 6.07) is 1.25. The molecule has 20 heavy (non-hydrogen) atoms. The third-order valence-corrected chi connectivity index (χ3v) is 5.30. The third-order valence-electron chi connectivity index (χ3n) is 5.30. The summed E-state index contributed by atoms with van der Waals surface area (Å²) in [7, 11) is 0. The fourth-order valence-electron chi connectivity index (χ4n) is 3.93. The van der Waals surface area contributed by atoms with Gasteiger partial charge in [-0.3, -0.25) is 4.79 Å². The van der Waals surface area contributed by atoms with Gasteiger partial charge in [0.2, 0.25) is 5.91 Å². The summed E-state index contributed by atoms with van der Waals surface area (Å²) in [4.78, 5) is 12.1. The van der Waals surface area contributed by atoms with Crippen molar-refractivity contribution in [1.29, 1.82) is 0 Å². The maximum Gasteiger partial charge on any atom is 0.220 e. The molecule has 2 bridgehead atoms. The lowest BCUT2D eigenvalue weighted by atomic mass is 9.89. The molecule has 5 heteroatoms. The summed E-state index contributed by atoms with van der Waals surface area (Å²) < 4.78 is 5.38. The lowest BCUT2D eigenvalue weighted by Gasteiger charge is -2.30. The molecule has 114 valence electrons. The van der Waals surface area contributed by atoms with Gasteiger partial charge in [0.15, 0.2) is 0 Å². The van der Waals surface area contributed by atoms with Gasteiger partial charge in [-0.15, -0.1) is 0 Å². The van der Waals surface area contributed by atoms with Crippen molar-refractivity contribution in [3.63, 3.8) is 0 Å². The van der Waals surface area contributed by atoms with E-state index in [0.29, 0.717) is 44.0 Å². The van der Waals surface area contributed by atoms with E-state index in [9.17, 15) is 9.90 Å². The average Bonchev–Trinajstić information content (AvgIpc) is 2.91. The average molecular weight is 282 g/mol. The smallest absolute Gasteiger partial charge is 0.220 e. The molecule has 3 aliphatic rings. The Hall–Kier alpha value is -0.650. The van der Waals surface area contributed by atoms with Crippen molar-refractivity contribution in [1.82, 2.24) is 10.6 Å². The van der Waals surface area contributed by atoms with Gasteiger partial charge in [0, 0.05) is 38.1 Å². The van der Waals surface area contributed by atoms with Crippen molar-refractivity contribution in [2.24, 2.45) is 5.92 Å². The van der Waals surface area contributed by atoms with Gasteiger partial charge in [0.25, 0.3) is 0 Å². The Morgan fingerprint density at radius 1 is 1.40 bits per heavy atom. The number of rotatable bonds is 4. The molecule has 3 N–H and O–H groups in total. The van der Waals surface area contributed by atoms with Crippen LogP contribution in [0.3, 0.4) is 0 Å². The van der Waals surface area contributed by atoms with Crippen LogP contribution in [0, 0.1) is 5.92 Å². The maximum absolute atomic E-state index is 12.1. The van der Waals surface area contributed by atoms with Crippen LogP contribution in [-0.2, 0) is 9.53 Å². The Morgan fingerprint density at radius 3 is 2.70 bits per heavy atom. The lowest BCUT2D eigenvalue weighted by molar-refractivity contribution is -0.124. The number of piperidine rings is 1. The molecule has 3 rings (SSSR count). The van der Waals surface area contributed by atoms with E-state index in [1.807, 2.05) is 6.92 Å². The second-order valence-corrected chi connectivity index (χ2v) is 6.82. The highest BCUT2D eigenvalue weighted by molar-refractivity contribution is 5.76. The van der Waals surface area contributed by atoms with Crippen molar-refractivity contribution in [3.8, 4) is 0 Å². The fourth-order valence-corrected chi connectivity index (χ4v) is 3.93. The van der Waals surface area contributed by atoms with Crippen molar-refractivity contribution in [2.75, 3.05) is 13.2 Å². The Kier molecular flexibility index (Phi) is 4.02. The van der Waals surface area contributed by atoms with Crippen molar-refractivity contribution in [2.45, 2.75) is 69.2 Å². The van der Waals surface area contributed by atoms with Crippen LogP contribution >= 0.6 is 0 Å². The van der Waals surface area contributed by atoms with Crippen LogP contribution in [0.1, 0.15) is 45.4 Å². The standard InChI is InChI=1S/C15H26N2O3/c1-10-15(19,4-5-20-10)9-16-14(18)8-11-6-12-2-3-13(7-11)17-12/h10-13,17,19H,2-9H2,1H3,(H,16,18). The molecule has 3 saturated heterocycles. The molecule has 0 radical (unpaired) electrons. The van der Waals surface area contributed by atoms with Crippen molar-refractivity contribution in [3.05, 3.63) is 0 Å². The quantitative estimate of drug-likeness (QED) is 0.705. The van der Waals surface area contributed by atoms with Gasteiger partial charge in [0.1, 0.15) is 5.60 Å². The summed E-state index contributed by atoms with van der Waals surface area (Å²) in [5, 5.41) is 16.9. The van der Waals surface area contributed by atoms with Gasteiger partial charge in [-0.25, -0.2) is 0 Å². The third kappa shape index (κ3) is 3.00. The summed E-state index contributed by atoms with van der Waals surface area (Å²) in [6.45, 7) is 2.75. The molecule has 0 aromatic heterocycles. The molecule has 1 amide bonds. The van der Waals surface area contributed by atoms with Gasteiger partial charge in [0.05, 0.1) is 6.10 Å². The molecule has 0 aromatic carbocycles. The highest BCUT2D eigenvalue weighted by Crippen LogP contribution is 2.32. The van der Waals surface area contributed by atoms with Gasteiger partial charge < -0.3 is 20.5 Å². The SMILES string of the molecule is CC1OCCC1(O)CNC(=O)CC1CC2CCC(C1)N2. The molecule has 0 spiro atoms. The Labute approximate surface area is 120 Å². The topological polar surface area (TPSA) is 70.6 Å². The van der Waals surface area contributed by atoms with Crippen LogP contribution in [0.25, 0.3) is 0 Å². The van der Waals surface area contributed by atoms with E-state index in [1.165, 1.54) is 12.8 Å². The molecule has 4 unspecified atom stereocenters. The Bertz CT molecular complexity index is 364. The first-order chi connectivity index (χ1) is 9.55. The number of fused-ring (bicyclic) bond motifs is 2. The minimum Gasteiger partial charge on any atom is -0.385 e. The van der Waals surface area contributed by atoms with E-state index in [2.05, 4.69) is 10.6 Å². The number of amides is 1. The van der Waals surface area contributed by atoms with E-state index in [4.69, 9.17) is 4.74 Å². The van der Waals surface area contributed by atoms with Crippen LogP contribution in [0.15, 0.2) is 0 Å². The van der Waals surface area contributed by atoms with Crippen LogP contribution in [0.2, 0.25) is 0 Å². The summed E-state index contributed by atoms with van der Waals surface area (Å²) in [5.74, 6) is 0.574. The number of hydrogen-bond acceptors (Lipinski definition) is 4. The van der Waals surface area contributed by atoms with Crippen LogP contribution in [0.4, 0.5) is 0 Å². The second-order valence-electron chi connectivity index (χ2n) is 6.82. The van der Waals surface area contributed by atoms with Crippen molar-refractivity contribution < 1.29 is 14.6 Å². The molecule has 5 nitrogen and oxygen atoms in total. The highest BCUT2D eigenvalue weighted by atomic mass is 16.5. The first-order valence-electron chi connectivity index (χ1n) is 7.92. The second kappa shape index (κ2) is 5.62. The van der Waals surface area contributed by atoms with Crippen LogP contribution in [-0.4, -0.2) is 48.0 Å². The number of hydrogen-bond donors (Lipinski definition) is 3. The number of aliphatic hydroxyl groups is 1. The van der Waals surface area contributed by atoms with Crippen LogP contribution in [0.5, 0.6) is 0 Å². The fraction of sp³-hybridized carbons (Fsp3) is 0.933. The monoisotopic (exact) mass is 282 g/mol. The van der Waals surface area contributed by atoms with E-state index < -0.39 is 5.60 Å². The molecular formula is C15H26N2O3. The predicted octanol–water partition coefficient (Wildman–Crippen LogP) is 0.563. The largest absolute Gasteiger partial charge is 0.385 e. The van der Waals surface area contributed by atoms with Crippen molar-refractivity contribution >= 4 is 5.91 Å². The maximum atomic E-state index is 12.1. The van der Waals surface area contributed by atoms with Gasteiger partial charge in [-0.05, 0) is 38.5 Å². The van der Waals surface area contributed by atoms with Gasteiger partial charge in [-0.1, -0.05) is 0 Å². The minimum atomic E-state index is -0.886. The number of carbonyl (C=O) groups excluding carboxylic acids is 1. The zero-order valence-corrected chi connectivity index (χ0v) is 12.2.